The van der Waals surface area contributed by atoms with E-state index in [-0.39, 0.29) is 96.9 Å². The van der Waals surface area contributed by atoms with E-state index in [1.807, 2.05) is 149 Å². The molecule has 526 valence electrons. The van der Waals surface area contributed by atoms with E-state index in [4.69, 9.17) is 19.7 Å². The molecule has 3 unspecified atom stereocenters. The minimum atomic E-state index is -0.457. The Morgan fingerprint density at radius 1 is 0.528 bits per heavy atom. The maximum Gasteiger partial charge on any atom is 0.228 e. The molecule has 0 aromatic rings. The van der Waals surface area contributed by atoms with Crippen molar-refractivity contribution in [3.8, 4) is 0 Å². The predicted octanol–water partition coefficient (Wildman–Crippen LogP) is 8.23. The average Bonchev–Trinajstić information content (AvgIpc) is 3.81. The molecule has 20 heteroatoms. The van der Waals surface area contributed by atoms with E-state index < -0.39 is 6.10 Å². The van der Waals surface area contributed by atoms with Gasteiger partial charge in [0.15, 0.2) is 0 Å². The molecule has 0 aromatic carbocycles. The van der Waals surface area contributed by atoms with Gasteiger partial charge in [0.1, 0.15) is 0 Å². The van der Waals surface area contributed by atoms with Crippen molar-refractivity contribution in [1.29, 1.82) is 0 Å². The van der Waals surface area contributed by atoms with E-state index in [1.165, 1.54) is 0 Å². The molecule has 20 nitrogen and oxygen atoms in total. The topological polar surface area (TPSA) is 225 Å². The van der Waals surface area contributed by atoms with Gasteiger partial charge in [0.25, 0.3) is 0 Å². The first-order valence-electron chi connectivity index (χ1n) is 32.1. The normalized spacial score (nSPS) is 18.2. The lowest BCUT2D eigenvalue weighted by Crippen LogP contribution is -2.68. The minimum Gasteiger partial charge on any atom is -0.392 e. The summed E-state index contributed by atoms with van der Waals surface area (Å²) >= 11 is 0. The second-order valence-corrected chi connectivity index (χ2v) is 34.6. The lowest BCUT2D eigenvalue weighted by Gasteiger charge is -2.56. The Bertz CT molecular complexity index is 2100. The lowest BCUT2D eigenvalue weighted by molar-refractivity contribution is -0.199. The van der Waals surface area contributed by atoms with E-state index >= 15 is 0 Å². The monoisotopic (exact) mass is 1270 g/mol. The van der Waals surface area contributed by atoms with Crippen LogP contribution >= 0.6 is 0 Å². The summed E-state index contributed by atoms with van der Waals surface area (Å²) in [5.41, 5.74) is -1.05. The highest BCUT2D eigenvalue weighted by atomic mass is 16.5. The van der Waals surface area contributed by atoms with Crippen LogP contribution in [-0.4, -0.2) is 256 Å². The maximum absolute atomic E-state index is 11.8. The zero-order valence-electron chi connectivity index (χ0n) is 63.4. The van der Waals surface area contributed by atoms with Crippen molar-refractivity contribution in [3.05, 3.63) is 0 Å². The third-order valence-electron chi connectivity index (χ3n) is 14.4. The molecule has 0 aromatic heterocycles. The van der Waals surface area contributed by atoms with Crippen molar-refractivity contribution in [2.24, 2.45) is 60.6 Å². The van der Waals surface area contributed by atoms with Gasteiger partial charge in [0, 0.05) is 166 Å². The number of β-amino-alcohol motifs (C(OH)–C–C–N with tert-alkyl or cyclic N) is 1. The van der Waals surface area contributed by atoms with Crippen LogP contribution in [0, 0.1) is 60.6 Å². The van der Waals surface area contributed by atoms with Gasteiger partial charge in [0.2, 0.25) is 41.4 Å². The third kappa shape index (κ3) is 36.8. The summed E-state index contributed by atoms with van der Waals surface area (Å²) in [5.74, 6) is 2.20. The number of ether oxygens (including phenoxy) is 2. The fourth-order valence-corrected chi connectivity index (χ4v) is 9.70. The highest BCUT2D eigenvalue weighted by Gasteiger charge is 2.52. The number of aliphatic hydroxyl groups excluding tert-OH is 3. The van der Waals surface area contributed by atoms with Gasteiger partial charge in [-0.3, -0.25) is 33.6 Å². The van der Waals surface area contributed by atoms with Crippen LogP contribution in [0.1, 0.15) is 186 Å². The first-order chi connectivity index (χ1) is 39.4. The van der Waals surface area contributed by atoms with Crippen molar-refractivity contribution < 1.29 is 58.4 Å². The summed E-state index contributed by atoms with van der Waals surface area (Å²) < 4.78 is 10.4. The van der Waals surface area contributed by atoms with Gasteiger partial charge < -0.3 is 64.0 Å². The van der Waals surface area contributed by atoms with Gasteiger partial charge in [0.05, 0.1) is 43.5 Å². The second-order valence-electron chi connectivity index (χ2n) is 34.6. The SMILES string of the molecule is CC(=O)N(C)CC1CCOC1.CC(C)(C)C(=O)N1CC(O)C1.CC(C)(C)C(=O)N1CC2(COC2)C1.CC(O)CN(C)C(=O)C(C)(C)C.CN(C)C(=O)C(C)(C)C.CN(C)C(=O)C(C)(C)C.CN(CC(C)(C)C)C(=O)C(C)(C)C.CN1CC(C(O)C(C)(C)C)C1. The Balaban J connectivity index is -0.000000953. The summed E-state index contributed by atoms with van der Waals surface area (Å²) in [5, 5.41) is 27.8. The average molecular weight is 1270 g/mol. The molecule has 3 atom stereocenters. The molecular weight excluding hydrogens is 1130 g/mol. The van der Waals surface area contributed by atoms with E-state index in [9.17, 15) is 38.7 Å². The Hall–Kier alpha value is -3.95. The second kappa shape index (κ2) is 36.5. The largest absolute Gasteiger partial charge is 0.392 e. The van der Waals surface area contributed by atoms with E-state index in [0.29, 0.717) is 36.9 Å². The Morgan fingerprint density at radius 3 is 1.13 bits per heavy atom. The van der Waals surface area contributed by atoms with Crippen molar-refractivity contribution >= 4 is 41.4 Å². The number of carbonyl (C=O) groups is 7. The van der Waals surface area contributed by atoms with Crippen LogP contribution < -0.4 is 0 Å². The summed E-state index contributed by atoms with van der Waals surface area (Å²) in [4.78, 5) is 93.7. The lowest BCUT2D eigenvalue weighted by atomic mass is 9.76. The quantitative estimate of drug-likeness (QED) is 0.228. The molecule has 5 fully saturated rings. The van der Waals surface area contributed by atoms with Crippen LogP contribution in [0.15, 0.2) is 0 Å². The molecule has 5 aliphatic heterocycles. The van der Waals surface area contributed by atoms with Crippen molar-refractivity contribution in [2.75, 3.05) is 142 Å². The Labute approximate surface area is 543 Å². The summed E-state index contributed by atoms with van der Waals surface area (Å²) in [6.45, 7) is 60.8. The summed E-state index contributed by atoms with van der Waals surface area (Å²) in [7, 11) is 14.6. The maximum atomic E-state index is 11.8. The highest BCUT2D eigenvalue weighted by Crippen LogP contribution is 2.39. The first-order valence-corrected chi connectivity index (χ1v) is 32.1. The minimum absolute atomic E-state index is 0.0475. The molecule has 0 saturated carbocycles. The molecule has 1 spiro atoms. The van der Waals surface area contributed by atoms with E-state index in [0.717, 1.165) is 72.1 Å². The number of likely N-dealkylation sites (tertiary alicyclic amines) is 3. The predicted molar refractivity (Wildman–Crippen MR) is 362 cm³/mol. The first kappa shape index (κ1) is 89.2. The number of nitrogens with zero attached hydrogens (tertiary/aromatic N) is 8. The van der Waals surface area contributed by atoms with Crippen molar-refractivity contribution in [2.45, 2.75) is 205 Å². The number of likely N-dealkylation sites (N-methyl/N-ethyl adjacent to an activating group) is 1. The zero-order valence-corrected chi connectivity index (χ0v) is 63.4. The Morgan fingerprint density at radius 2 is 0.899 bits per heavy atom. The van der Waals surface area contributed by atoms with Crippen LogP contribution in [0.4, 0.5) is 0 Å². The van der Waals surface area contributed by atoms with Crippen molar-refractivity contribution in [1.82, 2.24) is 39.2 Å². The molecule has 5 saturated heterocycles. The molecule has 0 radical (unpaired) electrons. The Kier molecular flexibility index (Phi) is 36.6. The number of rotatable bonds is 6. The van der Waals surface area contributed by atoms with Crippen LogP contribution in [-0.2, 0) is 43.0 Å². The molecule has 0 aliphatic carbocycles. The van der Waals surface area contributed by atoms with Gasteiger partial charge in [-0.25, -0.2) is 0 Å². The highest BCUT2D eigenvalue weighted by molar-refractivity contribution is 5.84. The summed E-state index contributed by atoms with van der Waals surface area (Å²) in [6, 6.07) is 0. The molecule has 0 bridgehead atoms. The summed E-state index contributed by atoms with van der Waals surface area (Å²) in [6.07, 6.45) is 0.207. The fraction of sp³-hybridized carbons (Fsp3) is 0.899. The van der Waals surface area contributed by atoms with Gasteiger partial charge in [-0.15, -0.1) is 0 Å². The number of carbonyl (C=O) groups excluding carboxylic acids is 7. The molecule has 5 heterocycles. The molecule has 3 N–H and O–H groups in total. The molecule has 89 heavy (non-hydrogen) atoms. The molecule has 7 amide bonds. The van der Waals surface area contributed by atoms with E-state index in [1.54, 1.807) is 73.6 Å². The number of amides is 7. The van der Waals surface area contributed by atoms with Gasteiger partial charge >= 0.3 is 0 Å². The smallest absolute Gasteiger partial charge is 0.228 e. The fourth-order valence-electron chi connectivity index (χ4n) is 9.70. The van der Waals surface area contributed by atoms with Gasteiger partial charge in [-0.1, -0.05) is 166 Å². The molecule has 5 aliphatic rings. The third-order valence-corrected chi connectivity index (χ3v) is 14.4. The van der Waals surface area contributed by atoms with Crippen LogP contribution in [0.5, 0.6) is 0 Å². The molecule has 5 rings (SSSR count). The zero-order chi connectivity index (χ0) is 71.4. The standard InChI is InChI=1S/C11H23NO.C10H17NO2.C9H19NO2.C9H19NO.2C8H15NO2.2C7H15NO/c1-10(2,3)8-12(7)9(13)11(4,5)6;1-9(2,3)8(12)11-4-10(5-11)6-13-7-10;1-7(11)6-10(5)8(12)9(2,3)4;1-9(2,3)8(11)7-5-10(4)6-7;1-8(2,3)7(11)9-4-6(10)5-9;1-7(10)9(2)5-8-3-4-11-6-8;2*1-7(2,3)6(9)8(4)5/h8H2,1-7H3;4-7H2,1-3H3;7,11H,6H2,1-5H3;7-8,11H,5-6H2,1-4H3;6,10H,4-5H2,1-3H3;8H,3-6H2,1-2H3;2*1-5H3. The van der Waals surface area contributed by atoms with Gasteiger partial charge in [-0.05, 0) is 31.2 Å². The van der Waals surface area contributed by atoms with E-state index in [2.05, 4.69) is 53.5 Å². The molecular formula is C69H138N8O12. The van der Waals surface area contributed by atoms with Crippen LogP contribution in [0.3, 0.4) is 0 Å². The van der Waals surface area contributed by atoms with Crippen LogP contribution in [0.25, 0.3) is 0 Å². The number of aliphatic hydroxyl groups is 3. The number of hydrogen-bond donors (Lipinski definition) is 3. The van der Waals surface area contributed by atoms with Crippen LogP contribution in [0.2, 0.25) is 0 Å². The number of hydrogen-bond acceptors (Lipinski definition) is 13. The van der Waals surface area contributed by atoms with Crippen molar-refractivity contribution in [3.63, 3.8) is 0 Å². The van der Waals surface area contributed by atoms with Gasteiger partial charge in [-0.2, -0.15) is 0 Å².